The number of halogens is 1. The molecule has 0 aliphatic heterocycles. The van der Waals surface area contributed by atoms with Gasteiger partial charge in [-0.3, -0.25) is 4.79 Å². The molecule has 32 heavy (non-hydrogen) atoms. The van der Waals surface area contributed by atoms with Crippen LogP contribution in [0.2, 0.25) is 0 Å². The number of nitrogens with zero attached hydrogens (tertiary/aromatic N) is 2. The number of hydrogen-bond acceptors (Lipinski definition) is 4. The van der Waals surface area contributed by atoms with E-state index in [0.29, 0.717) is 30.6 Å². The number of carbonyl (C=O) groups excluding carboxylic acids is 1. The molecule has 3 aliphatic carbocycles. The van der Waals surface area contributed by atoms with E-state index < -0.39 is 5.82 Å². The van der Waals surface area contributed by atoms with Crippen LogP contribution in [0.5, 0.6) is 0 Å². The summed E-state index contributed by atoms with van der Waals surface area (Å²) in [6.07, 6.45) is 6.79. The molecule has 1 saturated carbocycles. The Hall–Kier alpha value is -2.65. The Morgan fingerprint density at radius 2 is 1.91 bits per heavy atom. The highest BCUT2D eigenvalue weighted by molar-refractivity contribution is 6.01. The van der Waals surface area contributed by atoms with Gasteiger partial charge in [0.1, 0.15) is 17.4 Å². The standard InChI is InChI=1S/C26H30FN3O2/c1-26(2)12-23-25(24(32)13-26)18-4-3-5-22(18)30(23)16-10-20(27)19(14-28)21(11-16)29-15-6-8-17(31)9-7-15/h10-11,15,17,29,31H,3-9,12-13H2,1-2H3/t15-,17-. The number of aliphatic hydroxyl groups excluding tert-OH is 1. The van der Waals surface area contributed by atoms with E-state index in [9.17, 15) is 15.2 Å². The number of benzene rings is 1. The quantitative estimate of drug-likeness (QED) is 0.723. The summed E-state index contributed by atoms with van der Waals surface area (Å²) in [5, 5.41) is 22.8. The van der Waals surface area contributed by atoms with Crippen LogP contribution in [0.1, 0.15) is 85.2 Å². The van der Waals surface area contributed by atoms with Gasteiger partial charge in [0.25, 0.3) is 0 Å². The maximum atomic E-state index is 15.1. The molecular weight excluding hydrogens is 405 g/mol. The average molecular weight is 436 g/mol. The zero-order valence-electron chi connectivity index (χ0n) is 18.8. The van der Waals surface area contributed by atoms with E-state index in [2.05, 4.69) is 23.7 Å². The highest BCUT2D eigenvalue weighted by atomic mass is 19.1. The van der Waals surface area contributed by atoms with Gasteiger partial charge in [-0.15, -0.1) is 0 Å². The molecule has 5 rings (SSSR count). The van der Waals surface area contributed by atoms with Crippen molar-refractivity contribution in [1.29, 1.82) is 5.26 Å². The molecule has 0 atom stereocenters. The van der Waals surface area contributed by atoms with Crippen LogP contribution in [0.15, 0.2) is 12.1 Å². The van der Waals surface area contributed by atoms with E-state index in [-0.39, 0.29) is 28.9 Å². The van der Waals surface area contributed by atoms with Crippen LogP contribution in [-0.4, -0.2) is 27.6 Å². The minimum atomic E-state index is -0.543. The van der Waals surface area contributed by atoms with Crippen molar-refractivity contribution in [2.75, 3.05) is 5.32 Å². The molecule has 2 aromatic rings. The summed E-state index contributed by atoms with van der Waals surface area (Å²) in [6.45, 7) is 4.22. The number of hydrogen-bond donors (Lipinski definition) is 2. The number of ketones is 1. The maximum absolute atomic E-state index is 15.1. The lowest BCUT2D eigenvalue weighted by atomic mass is 9.75. The molecule has 168 valence electrons. The fourth-order valence-corrected chi connectivity index (χ4v) is 5.93. The van der Waals surface area contributed by atoms with Gasteiger partial charge in [-0.2, -0.15) is 5.26 Å². The average Bonchev–Trinajstić information content (AvgIpc) is 3.28. The number of aromatic nitrogens is 1. The van der Waals surface area contributed by atoms with Crippen molar-refractivity contribution in [3.05, 3.63) is 46.0 Å². The molecule has 0 amide bonds. The van der Waals surface area contributed by atoms with E-state index in [1.54, 1.807) is 0 Å². The van der Waals surface area contributed by atoms with Gasteiger partial charge in [-0.1, -0.05) is 13.8 Å². The fraction of sp³-hybridized carbons (Fsp3) is 0.538. The second-order valence-corrected chi connectivity index (χ2v) is 10.5. The van der Waals surface area contributed by atoms with Crippen LogP contribution in [0.3, 0.4) is 0 Å². The monoisotopic (exact) mass is 435 g/mol. The third-order valence-corrected chi connectivity index (χ3v) is 7.38. The van der Waals surface area contributed by atoms with Crippen molar-refractivity contribution in [1.82, 2.24) is 4.57 Å². The first kappa shape index (κ1) is 21.2. The number of nitrogens with one attached hydrogen (secondary N) is 1. The normalized spacial score (nSPS) is 24.0. The molecule has 0 bridgehead atoms. The van der Waals surface area contributed by atoms with E-state index >= 15 is 4.39 Å². The van der Waals surface area contributed by atoms with E-state index in [1.807, 2.05) is 12.1 Å². The minimum Gasteiger partial charge on any atom is -0.393 e. The van der Waals surface area contributed by atoms with Gasteiger partial charge >= 0.3 is 0 Å². The summed E-state index contributed by atoms with van der Waals surface area (Å²) < 4.78 is 17.3. The van der Waals surface area contributed by atoms with Crippen molar-refractivity contribution < 1.29 is 14.3 Å². The predicted octanol–water partition coefficient (Wildman–Crippen LogP) is 4.85. The lowest BCUT2D eigenvalue weighted by molar-refractivity contribution is 0.0910. The molecule has 0 spiro atoms. The van der Waals surface area contributed by atoms with E-state index in [1.165, 1.54) is 6.07 Å². The van der Waals surface area contributed by atoms with Crippen molar-refractivity contribution in [2.45, 2.75) is 83.8 Å². The largest absolute Gasteiger partial charge is 0.393 e. The van der Waals surface area contributed by atoms with Crippen LogP contribution in [0, 0.1) is 22.6 Å². The summed E-state index contributed by atoms with van der Waals surface area (Å²) in [5.74, 6) is -0.347. The Morgan fingerprint density at radius 1 is 1.16 bits per heavy atom. The van der Waals surface area contributed by atoms with Crippen LogP contribution in [0.25, 0.3) is 5.69 Å². The number of Topliss-reactive ketones (excluding diaryl/α,β-unsaturated/α-hetero) is 1. The summed E-state index contributed by atoms with van der Waals surface area (Å²) in [7, 11) is 0. The second-order valence-electron chi connectivity index (χ2n) is 10.5. The number of rotatable bonds is 3. The topological polar surface area (TPSA) is 78.0 Å². The van der Waals surface area contributed by atoms with Gasteiger partial charge in [0.2, 0.25) is 0 Å². The van der Waals surface area contributed by atoms with Crippen molar-refractivity contribution >= 4 is 11.5 Å². The van der Waals surface area contributed by atoms with Gasteiger partial charge in [0.15, 0.2) is 5.78 Å². The van der Waals surface area contributed by atoms with Crippen molar-refractivity contribution in [2.24, 2.45) is 5.41 Å². The molecule has 0 radical (unpaired) electrons. The minimum absolute atomic E-state index is 0.0222. The first-order valence-electron chi connectivity index (χ1n) is 11.7. The summed E-state index contributed by atoms with van der Waals surface area (Å²) in [6, 6.07) is 5.44. The molecule has 0 saturated heterocycles. The van der Waals surface area contributed by atoms with Crippen LogP contribution >= 0.6 is 0 Å². The molecule has 5 nitrogen and oxygen atoms in total. The number of anilines is 1. The molecule has 3 aliphatic rings. The van der Waals surface area contributed by atoms with Gasteiger partial charge in [0, 0.05) is 29.4 Å². The first-order valence-corrected chi connectivity index (χ1v) is 11.7. The molecule has 0 unspecified atom stereocenters. The molecule has 2 N–H and O–H groups in total. The molecule has 1 aromatic heterocycles. The highest BCUT2D eigenvalue weighted by Crippen LogP contribution is 2.43. The SMILES string of the molecule is CC1(C)CC(=O)c2c3c(n(-c4cc(F)c(C#N)c(N[C@H]5CC[C@H](O)CC5)c4)c2C1)CCC3. The Balaban J connectivity index is 1.62. The smallest absolute Gasteiger partial charge is 0.165 e. The number of fused-ring (bicyclic) bond motifs is 3. The molecule has 6 heteroatoms. The summed E-state index contributed by atoms with van der Waals surface area (Å²) in [4.78, 5) is 13.1. The zero-order chi connectivity index (χ0) is 22.6. The van der Waals surface area contributed by atoms with Gasteiger partial charge in [0.05, 0.1) is 17.5 Å². The number of carbonyl (C=O) groups is 1. The van der Waals surface area contributed by atoms with Gasteiger partial charge in [-0.25, -0.2) is 4.39 Å². The van der Waals surface area contributed by atoms with Crippen LogP contribution in [0.4, 0.5) is 10.1 Å². The van der Waals surface area contributed by atoms with Crippen LogP contribution < -0.4 is 5.32 Å². The third-order valence-electron chi connectivity index (χ3n) is 7.38. The van der Waals surface area contributed by atoms with E-state index in [0.717, 1.165) is 61.0 Å². The lowest BCUT2D eigenvalue weighted by Crippen LogP contribution is -2.29. The van der Waals surface area contributed by atoms with Crippen LogP contribution in [-0.2, 0) is 19.3 Å². The maximum Gasteiger partial charge on any atom is 0.165 e. The molecular formula is C26H30FN3O2. The predicted molar refractivity (Wildman–Crippen MR) is 121 cm³/mol. The van der Waals surface area contributed by atoms with E-state index in [4.69, 9.17) is 0 Å². The zero-order valence-corrected chi connectivity index (χ0v) is 18.8. The number of nitriles is 1. The summed E-state index contributed by atoms with van der Waals surface area (Å²) in [5.41, 5.74) is 5.18. The van der Waals surface area contributed by atoms with Gasteiger partial charge in [-0.05, 0) is 74.5 Å². The Morgan fingerprint density at radius 3 is 2.62 bits per heavy atom. The molecule has 1 fully saturated rings. The highest BCUT2D eigenvalue weighted by Gasteiger charge is 2.39. The first-order chi connectivity index (χ1) is 15.3. The van der Waals surface area contributed by atoms with Gasteiger partial charge < -0.3 is 15.0 Å². The molecule has 1 aromatic carbocycles. The second kappa shape index (κ2) is 7.74. The van der Waals surface area contributed by atoms with Crippen molar-refractivity contribution in [3.8, 4) is 11.8 Å². The lowest BCUT2D eigenvalue weighted by Gasteiger charge is -2.31. The fourth-order valence-electron chi connectivity index (χ4n) is 5.93. The van der Waals surface area contributed by atoms with Crippen molar-refractivity contribution in [3.63, 3.8) is 0 Å². The Labute approximate surface area is 188 Å². The summed E-state index contributed by atoms with van der Waals surface area (Å²) >= 11 is 0. The Bertz CT molecular complexity index is 1130. The molecule has 1 heterocycles. The Kier molecular flexibility index (Phi) is 5.13. The number of aliphatic hydroxyl groups is 1. The third kappa shape index (κ3) is 3.53.